The van der Waals surface area contributed by atoms with Crippen molar-refractivity contribution in [2.45, 2.75) is 65.2 Å². The molecule has 114 valence electrons. The van der Waals surface area contributed by atoms with Crippen molar-refractivity contribution in [3.05, 3.63) is 23.3 Å². The Hall–Kier alpha value is -0.850. The molecule has 1 nitrogen and oxygen atoms in total. The van der Waals surface area contributed by atoms with E-state index in [0.717, 1.165) is 36.5 Å². The number of carbonyl (C=O) groups is 1. The van der Waals surface area contributed by atoms with Gasteiger partial charge in [0.05, 0.1) is 0 Å². The van der Waals surface area contributed by atoms with Crippen LogP contribution in [0.2, 0.25) is 0 Å². The predicted octanol–water partition coefficient (Wildman–Crippen LogP) is 5.07. The van der Waals surface area contributed by atoms with Crippen LogP contribution in [0.1, 0.15) is 65.2 Å². The van der Waals surface area contributed by atoms with E-state index in [2.05, 4.69) is 19.9 Å². The van der Waals surface area contributed by atoms with Gasteiger partial charge < -0.3 is 0 Å². The Morgan fingerprint density at radius 2 is 1.95 bits per heavy atom. The van der Waals surface area contributed by atoms with Crippen LogP contribution in [0.15, 0.2) is 23.3 Å². The number of ketones is 1. The second-order valence-corrected chi connectivity index (χ2v) is 8.11. The second-order valence-electron chi connectivity index (χ2n) is 8.11. The third-order valence-corrected chi connectivity index (χ3v) is 7.50. The lowest BCUT2D eigenvalue weighted by Crippen LogP contribution is -2.45. The highest BCUT2D eigenvalue weighted by molar-refractivity contribution is 5.91. The normalized spacial score (nSPS) is 47.6. The third kappa shape index (κ3) is 1.92. The van der Waals surface area contributed by atoms with Crippen LogP contribution in [0.5, 0.6) is 0 Å². The zero-order valence-corrected chi connectivity index (χ0v) is 13.5. The van der Waals surface area contributed by atoms with Crippen LogP contribution in [0, 0.1) is 29.1 Å². The Bertz CT molecular complexity index is 526. The van der Waals surface area contributed by atoms with Crippen molar-refractivity contribution in [3.63, 3.8) is 0 Å². The fourth-order valence-corrected chi connectivity index (χ4v) is 6.50. The largest absolute Gasteiger partial charge is 0.295 e. The van der Waals surface area contributed by atoms with Gasteiger partial charge in [0.2, 0.25) is 0 Å². The maximum absolute atomic E-state index is 11.7. The monoisotopic (exact) mass is 284 g/mol. The summed E-state index contributed by atoms with van der Waals surface area (Å²) < 4.78 is 0. The molecule has 0 spiro atoms. The van der Waals surface area contributed by atoms with Gasteiger partial charge in [-0.2, -0.15) is 0 Å². The van der Waals surface area contributed by atoms with Gasteiger partial charge in [-0.05, 0) is 87.0 Å². The first-order chi connectivity index (χ1) is 10.1. The van der Waals surface area contributed by atoms with E-state index in [0.29, 0.717) is 11.2 Å². The summed E-state index contributed by atoms with van der Waals surface area (Å²) in [6.45, 7) is 4.79. The summed E-state index contributed by atoms with van der Waals surface area (Å²) in [5.41, 5.74) is 3.76. The van der Waals surface area contributed by atoms with Gasteiger partial charge in [-0.25, -0.2) is 0 Å². The Balaban J connectivity index is 1.64. The zero-order valence-electron chi connectivity index (χ0n) is 13.5. The highest BCUT2D eigenvalue weighted by Gasteiger charge is 2.53. The van der Waals surface area contributed by atoms with Gasteiger partial charge >= 0.3 is 0 Å². The molecule has 0 bridgehead atoms. The van der Waals surface area contributed by atoms with Crippen molar-refractivity contribution in [3.8, 4) is 0 Å². The number of hydrogen-bond acceptors (Lipinski definition) is 1. The van der Waals surface area contributed by atoms with Crippen LogP contribution in [0.3, 0.4) is 0 Å². The summed E-state index contributed by atoms with van der Waals surface area (Å²) in [7, 11) is 0. The Morgan fingerprint density at radius 1 is 1.10 bits per heavy atom. The molecule has 4 aliphatic carbocycles. The van der Waals surface area contributed by atoms with E-state index in [4.69, 9.17) is 0 Å². The van der Waals surface area contributed by atoms with Crippen molar-refractivity contribution < 1.29 is 4.79 Å². The summed E-state index contributed by atoms with van der Waals surface area (Å²) in [6.07, 6.45) is 14.5. The molecule has 0 unspecified atom stereocenters. The van der Waals surface area contributed by atoms with Gasteiger partial charge in [0.1, 0.15) is 0 Å². The first-order valence-electron chi connectivity index (χ1n) is 9.02. The van der Waals surface area contributed by atoms with Crippen molar-refractivity contribution in [1.82, 2.24) is 0 Å². The molecular formula is C20H28O. The maximum Gasteiger partial charge on any atom is 0.155 e. The van der Waals surface area contributed by atoms with E-state index in [9.17, 15) is 4.79 Å². The summed E-state index contributed by atoms with van der Waals surface area (Å²) in [6, 6.07) is 0. The molecule has 0 aromatic carbocycles. The molecule has 0 aromatic heterocycles. The van der Waals surface area contributed by atoms with Gasteiger partial charge in [-0.3, -0.25) is 4.79 Å². The SMILES string of the molecule is C/C=C1\CC[C@H]2[C@@H]3CCC4=CC(=O)CC[C@@H]4[C@H]3CC[C@]12C. The molecule has 3 saturated carbocycles. The summed E-state index contributed by atoms with van der Waals surface area (Å²) in [5.74, 6) is 3.86. The molecule has 21 heavy (non-hydrogen) atoms. The van der Waals surface area contributed by atoms with Gasteiger partial charge in [0.15, 0.2) is 5.78 Å². The lowest BCUT2D eigenvalue weighted by molar-refractivity contribution is -0.115. The smallest absolute Gasteiger partial charge is 0.155 e. The zero-order chi connectivity index (χ0) is 14.6. The lowest BCUT2D eigenvalue weighted by Gasteiger charge is -2.53. The minimum atomic E-state index is 0.386. The number of carbonyl (C=O) groups excluding carboxylic acids is 1. The van der Waals surface area contributed by atoms with Gasteiger partial charge in [0.25, 0.3) is 0 Å². The molecule has 0 saturated heterocycles. The van der Waals surface area contributed by atoms with Crippen LogP contribution in [-0.4, -0.2) is 5.78 Å². The highest BCUT2D eigenvalue weighted by Crippen LogP contribution is 2.63. The average Bonchev–Trinajstić information content (AvgIpc) is 2.83. The van der Waals surface area contributed by atoms with Crippen LogP contribution < -0.4 is 0 Å². The molecule has 3 fully saturated rings. The molecule has 4 aliphatic rings. The molecule has 0 heterocycles. The molecule has 1 heteroatoms. The Labute approximate surface area is 128 Å². The molecule has 0 amide bonds. The summed E-state index contributed by atoms with van der Waals surface area (Å²) in [5, 5.41) is 0. The summed E-state index contributed by atoms with van der Waals surface area (Å²) in [4.78, 5) is 11.7. The van der Waals surface area contributed by atoms with E-state index in [1.807, 2.05) is 6.08 Å². The first-order valence-corrected chi connectivity index (χ1v) is 9.02. The van der Waals surface area contributed by atoms with E-state index < -0.39 is 0 Å². The van der Waals surface area contributed by atoms with Gasteiger partial charge in [0, 0.05) is 6.42 Å². The lowest BCUT2D eigenvalue weighted by atomic mass is 9.52. The van der Waals surface area contributed by atoms with E-state index in [1.165, 1.54) is 44.1 Å². The quantitative estimate of drug-likeness (QED) is 0.567. The molecule has 5 atom stereocenters. The fourth-order valence-electron chi connectivity index (χ4n) is 6.50. The van der Waals surface area contributed by atoms with Crippen molar-refractivity contribution in [2.24, 2.45) is 29.1 Å². The van der Waals surface area contributed by atoms with Crippen molar-refractivity contribution in [1.29, 1.82) is 0 Å². The average molecular weight is 284 g/mol. The Morgan fingerprint density at radius 3 is 2.76 bits per heavy atom. The molecular weight excluding hydrogens is 256 g/mol. The van der Waals surface area contributed by atoms with E-state index in [1.54, 1.807) is 5.57 Å². The standard InChI is InChI=1S/C20H28O/c1-3-14-5-9-19-18-7-4-13-12-15(21)6-8-16(13)17(18)10-11-20(14,19)2/h3,12,16-19H,4-11H2,1-2H3/b14-3+/t16-,17+,18+,19-,20+/m0/s1. The second kappa shape index (κ2) is 4.83. The molecule has 0 N–H and O–H groups in total. The van der Waals surface area contributed by atoms with E-state index in [-0.39, 0.29) is 0 Å². The van der Waals surface area contributed by atoms with Crippen LogP contribution in [0.4, 0.5) is 0 Å². The van der Waals surface area contributed by atoms with Crippen LogP contribution in [-0.2, 0) is 4.79 Å². The predicted molar refractivity (Wildman–Crippen MR) is 85.9 cm³/mol. The minimum Gasteiger partial charge on any atom is -0.295 e. The third-order valence-electron chi connectivity index (χ3n) is 7.50. The number of fused-ring (bicyclic) bond motifs is 5. The summed E-state index contributed by atoms with van der Waals surface area (Å²) >= 11 is 0. The van der Waals surface area contributed by atoms with Crippen LogP contribution >= 0.6 is 0 Å². The molecule has 0 aromatic rings. The number of hydrogen-bond donors (Lipinski definition) is 0. The fraction of sp³-hybridized carbons (Fsp3) is 0.750. The van der Waals surface area contributed by atoms with Crippen molar-refractivity contribution in [2.75, 3.05) is 0 Å². The van der Waals surface area contributed by atoms with Gasteiger partial charge in [-0.15, -0.1) is 0 Å². The van der Waals surface area contributed by atoms with Crippen LogP contribution in [0.25, 0.3) is 0 Å². The maximum atomic E-state index is 11.7. The molecule has 0 aliphatic heterocycles. The first kappa shape index (κ1) is 13.8. The highest BCUT2D eigenvalue weighted by atomic mass is 16.1. The van der Waals surface area contributed by atoms with Gasteiger partial charge in [-0.1, -0.05) is 24.1 Å². The number of rotatable bonds is 0. The molecule has 0 radical (unpaired) electrons. The molecule has 4 rings (SSSR count). The minimum absolute atomic E-state index is 0.386. The van der Waals surface area contributed by atoms with E-state index >= 15 is 0 Å². The topological polar surface area (TPSA) is 17.1 Å². The van der Waals surface area contributed by atoms with Crippen molar-refractivity contribution >= 4 is 5.78 Å². The number of allylic oxidation sites excluding steroid dienone is 3. The Kier molecular flexibility index (Phi) is 3.17.